The van der Waals surface area contributed by atoms with Gasteiger partial charge < -0.3 is 4.90 Å². The van der Waals surface area contributed by atoms with Gasteiger partial charge in [0.15, 0.2) is 0 Å². The van der Waals surface area contributed by atoms with E-state index in [2.05, 4.69) is 241 Å². The van der Waals surface area contributed by atoms with E-state index < -0.39 is 0 Å². The Morgan fingerprint density at radius 1 is 0.283 bits per heavy atom. The summed E-state index contributed by atoms with van der Waals surface area (Å²) < 4.78 is 2.63. The van der Waals surface area contributed by atoms with Gasteiger partial charge >= 0.3 is 0 Å². The molecule has 0 aliphatic heterocycles. The second-order valence-corrected chi connectivity index (χ2v) is 16.4. The third-order valence-corrected chi connectivity index (χ3v) is 12.8. The highest BCUT2D eigenvalue weighted by molar-refractivity contribution is 7.25. The van der Waals surface area contributed by atoms with Gasteiger partial charge in [-0.25, -0.2) is 0 Å². The molecule has 11 rings (SSSR count). The molecule has 282 valence electrons. The first-order valence-electron chi connectivity index (χ1n) is 20.5. The molecule has 0 saturated carbocycles. The van der Waals surface area contributed by atoms with Crippen molar-refractivity contribution in [2.45, 2.75) is 0 Å². The van der Waals surface area contributed by atoms with Crippen molar-refractivity contribution in [3.8, 4) is 55.6 Å². The van der Waals surface area contributed by atoms with Crippen LogP contribution in [0, 0.1) is 0 Å². The number of anilines is 3. The largest absolute Gasteiger partial charge is 0.310 e. The minimum atomic E-state index is 1.09. The number of hydrogen-bond donors (Lipinski definition) is 0. The van der Waals surface area contributed by atoms with E-state index in [0.29, 0.717) is 0 Å². The van der Waals surface area contributed by atoms with Crippen molar-refractivity contribution in [2.75, 3.05) is 4.90 Å². The number of thiophene rings is 1. The highest BCUT2D eigenvalue weighted by Gasteiger charge is 2.19. The maximum Gasteiger partial charge on any atom is 0.0540 e. The van der Waals surface area contributed by atoms with Gasteiger partial charge in [-0.3, -0.25) is 0 Å². The van der Waals surface area contributed by atoms with E-state index >= 15 is 0 Å². The number of benzene rings is 10. The maximum atomic E-state index is 2.41. The van der Waals surface area contributed by atoms with E-state index in [4.69, 9.17) is 0 Å². The highest BCUT2D eigenvalue weighted by atomic mass is 32.1. The van der Waals surface area contributed by atoms with Crippen molar-refractivity contribution in [1.29, 1.82) is 0 Å². The Morgan fingerprint density at radius 3 is 1.57 bits per heavy atom. The molecule has 0 saturated heterocycles. The second kappa shape index (κ2) is 15.3. The summed E-state index contributed by atoms with van der Waals surface area (Å²) in [6, 6.07) is 86.1. The number of hydrogen-bond acceptors (Lipinski definition) is 2. The van der Waals surface area contributed by atoms with E-state index in [9.17, 15) is 0 Å². The van der Waals surface area contributed by atoms with Crippen LogP contribution in [0.15, 0.2) is 237 Å². The van der Waals surface area contributed by atoms with E-state index in [1.165, 1.54) is 86.6 Å². The molecule has 0 fully saturated rings. The lowest BCUT2D eigenvalue weighted by Gasteiger charge is -2.28. The molecule has 0 radical (unpaired) electrons. The zero-order chi connectivity index (χ0) is 39.8. The topological polar surface area (TPSA) is 3.24 Å². The minimum Gasteiger partial charge on any atom is -0.310 e. The SMILES string of the molecule is c1ccc(-c2cccc(-c3ccccc3N(c3ccc(-c4cccc(-c5ccc6ccccc6c5)c4)cc3)c3ccc(-c4cccc5sc6ccccc6c45)cc3)c2)cc1. The summed E-state index contributed by atoms with van der Waals surface area (Å²) >= 11 is 1.86. The fourth-order valence-corrected chi connectivity index (χ4v) is 9.82. The first kappa shape index (κ1) is 35.6. The molecule has 0 aliphatic carbocycles. The Balaban J connectivity index is 1.01. The molecule has 0 N–H and O–H groups in total. The third kappa shape index (κ3) is 6.63. The lowest BCUT2D eigenvalue weighted by Crippen LogP contribution is -2.11. The van der Waals surface area contributed by atoms with Gasteiger partial charge in [0.05, 0.1) is 5.69 Å². The number of rotatable bonds is 8. The molecule has 11 aromatic rings. The molecule has 0 spiro atoms. The average molecular weight is 782 g/mol. The molecule has 1 heterocycles. The predicted molar refractivity (Wildman–Crippen MR) is 259 cm³/mol. The van der Waals surface area contributed by atoms with Gasteiger partial charge in [-0.2, -0.15) is 0 Å². The first-order chi connectivity index (χ1) is 29.7. The highest BCUT2D eigenvalue weighted by Crippen LogP contribution is 2.44. The molecule has 0 atom stereocenters. The van der Waals surface area contributed by atoms with Crippen LogP contribution < -0.4 is 4.90 Å². The van der Waals surface area contributed by atoms with Crippen molar-refractivity contribution in [1.82, 2.24) is 0 Å². The van der Waals surface area contributed by atoms with Crippen LogP contribution in [0.5, 0.6) is 0 Å². The first-order valence-corrected chi connectivity index (χ1v) is 21.3. The maximum absolute atomic E-state index is 2.41. The molecule has 0 bridgehead atoms. The van der Waals surface area contributed by atoms with Crippen LogP contribution >= 0.6 is 11.3 Å². The summed E-state index contributed by atoms with van der Waals surface area (Å²) in [6.45, 7) is 0. The normalized spacial score (nSPS) is 11.3. The van der Waals surface area contributed by atoms with Crippen LogP contribution in [0.3, 0.4) is 0 Å². The molecule has 60 heavy (non-hydrogen) atoms. The van der Waals surface area contributed by atoms with Crippen LogP contribution in [-0.2, 0) is 0 Å². The summed E-state index contributed by atoms with van der Waals surface area (Å²) in [6.07, 6.45) is 0. The fraction of sp³-hybridized carbons (Fsp3) is 0. The van der Waals surface area contributed by atoms with Gasteiger partial charge in [0.2, 0.25) is 0 Å². The van der Waals surface area contributed by atoms with Crippen molar-refractivity contribution < 1.29 is 0 Å². The Labute approximate surface area is 354 Å². The van der Waals surface area contributed by atoms with Gasteiger partial charge in [0.1, 0.15) is 0 Å². The predicted octanol–water partition coefficient (Wildman–Crippen LogP) is 17.0. The summed E-state index contributed by atoms with van der Waals surface area (Å²) in [5.41, 5.74) is 15.3. The Morgan fingerprint density at radius 2 is 0.783 bits per heavy atom. The Kier molecular flexibility index (Phi) is 9.11. The monoisotopic (exact) mass is 781 g/mol. The molecular weight excluding hydrogens is 743 g/mol. The van der Waals surface area contributed by atoms with E-state index in [0.717, 1.165) is 17.1 Å². The quantitative estimate of drug-likeness (QED) is 0.148. The van der Waals surface area contributed by atoms with E-state index in [1.54, 1.807) is 0 Å². The summed E-state index contributed by atoms with van der Waals surface area (Å²) in [5.74, 6) is 0. The van der Waals surface area contributed by atoms with E-state index in [-0.39, 0.29) is 0 Å². The minimum absolute atomic E-state index is 1.09. The zero-order valence-corrected chi connectivity index (χ0v) is 33.7. The van der Waals surface area contributed by atoms with Gasteiger partial charge in [-0.1, -0.05) is 176 Å². The summed E-state index contributed by atoms with van der Waals surface area (Å²) in [7, 11) is 0. The van der Waals surface area contributed by atoms with Crippen LogP contribution in [0.25, 0.3) is 86.6 Å². The Bertz CT molecular complexity index is 3310. The van der Waals surface area contributed by atoms with Gasteiger partial charge in [-0.15, -0.1) is 11.3 Å². The van der Waals surface area contributed by atoms with E-state index in [1.807, 2.05) is 11.3 Å². The lowest BCUT2D eigenvalue weighted by atomic mass is 9.96. The fourth-order valence-electron chi connectivity index (χ4n) is 8.69. The number of fused-ring (bicyclic) bond motifs is 4. The lowest BCUT2D eigenvalue weighted by molar-refractivity contribution is 1.28. The smallest absolute Gasteiger partial charge is 0.0540 e. The van der Waals surface area contributed by atoms with Crippen molar-refractivity contribution in [3.63, 3.8) is 0 Å². The van der Waals surface area contributed by atoms with Crippen molar-refractivity contribution in [3.05, 3.63) is 237 Å². The van der Waals surface area contributed by atoms with Crippen LogP contribution in [0.1, 0.15) is 0 Å². The molecule has 0 aliphatic rings. The van der Waals surface area contributed by atoms with Crippen molar-refractivity contribution >= 4 is 59.3 Å². The number of nitrogens with zero attached hydrogens (tertiary/aromatic N) is 1. The molecule has 2 heteroatoms. The van der Waals surface area contributed by atoms with Gasteiger partial charge in [0.25, 0.3) is 0 Å². The molecular formula is C58H39NS. The molecule has 1 nitrogen and oxygen atoms in total. The second-order valence-electron chi connectivity index (χ2n) is 15.3. The van der Waals surface area contributed by atoms with Crippen LogP contribution in [0.4, 0.5) is 17.1 Å². The third-order valence-electron chi connectivity index (χ3n) is 11.7. The number of para-hydroxylation sites is 1. The van der Waals surface area contributed by atoms with Crippen LogP contribution in [0.2, 0.25) is 0 Å². The Hall–Kier alpha value is -7.52. The molecule has 10 aromatic carbocycles. The average Bonchev–Trinajstić information content (AvgIpc) is 3.72. The molecule has 0 amide bonds. The van der Waals surface area contributed by atoms with Crippen molar-refractivity contribution in [2.24, 2.45) is 0 Å². The van der Waals surface area contributed by atoms with Gasteiger partial charge in [-0.05, 0) is 122 Å². The standard InChI is InChI=1S/C58H39NS/c1-2-13-40(14-3-1)46-18-11-20-49(39-46)52-21-6-8-24-55(52)59(51-35-31-43(32-36-51)53-23-12-26-57-58(53)54-22-7-9-25-56(54)60-57)50-33-29-42(30-34-50)45-17-10-19-47(37-45)48-28-27-41-15-4-5-16-44(41)38-48/h1-39H. The van der Waals surface area contributed by atoms with Gasteiger partial charge in [0, 0.05) is 37.1 Å². The zero-order valence-electron chi connectivity index (χ0n) is 32.9. The summed E-state index contributed by atoms with van der Waals surface area (Å²) in [4.78, 5) is 2.41. The molecule has 1 aromatic heterocycles. The summed E-state index contributed by atoms with van der Waals surface area (Å²) in [5, 5.41) is 5.15. The van der Waals surface area contributed by atoms with Crippen LogP contribution in [-0.4, -0.2) is 0 Å². The molecule has 0 unspecified atom stereocenters.